The molecule has 5 nitrogen and oxygen atoms in total. The SMILES string of the molecule is CCCCSc1ccc(-c2nn(-c3ccccc3)cc2C=C2C(=O)N(c3ccccc3)N=C2CSc2ccc(C)cc2)cc1. The van der Waals surface area contributed by atoms with Crippen LogP contribution in [-0.2, 0) is 4.79 Å². The number of aryl methyl sites for hydroxylation is 1. The standard InChI is InChI=1S/C37H34N4OS2/c1-3-4-23-43-32-21-17-28(18-22-32)36-29(25-40(39-36)30-11-7-5-8-12-30)24-34-35(26-44-33-19-15-27(2)16-20-33)38-41(37(34)42)31-13-9-6-10-14-31/h5-22,24-25H,3-4,23,26H2,1-2H3. The lowest BCUT2D eigenvalue weighted by Gasteiger charge is -2.11. The van der Waals surface area contributed by atoms with Crippen molar-refractivity contribution in [2.45, 2.75) is 36.5 Å². The van der Waals surface area contributed by atoms with Crippen molar-refractivity contribution >= 4 is 46.9 Å². The van der Waals surface area contributed by atoms with E-state index in [4.69, 9.17) is 10.2 Å². The number of rotatable bonds is 11. The number of amides is 1. The van der Waals surface area contributed by atoms with Crippen molar-refractivity contribution in [3.63, 3.8) is 0 Å². The molecule has 0 unspecified atom stereocenters. The molecule has 0 spiro atoms. The summed E-state index contributed by atoms with van der Waals surface area (Å²) in [5.74, 6) is 1.53. The van der Waals surface area contributed by atoms with E-state index < -0.39 is 0 Å². The first-order valence-corrected chi connectivity index (χ1v) is 16.8. The van der Waals surface area contributed by atoms with E-state index in [2.05, 4.69) is 62.4 Å². The molecule has 1 aliphatic heterocycles. The zero-order chi connectivity index (χ0) is 30.3. The van der Waals surface area contributed by atoms with Gasteiger partial charge in [0.15, 0.2) is 0 Å². The Kier molecular flexibility index (Phi) is 9.44. The Hall–Kier alpha value is -4.33. The Morgan fingerprint density at radius 1 is 0.773 bits per heavy atom. The molecule has 220 valence electrons. The van der Waals surface area contributed by atoms with Crippen LogP contribution in [0, 0.1) is 6.92 Å². The van der Waals surface area contributed by atoms with Gasteiger partial charge in [-0.2, -0.15) is 15.2 Å². The summed E-state index contributed by atoms with van der Waals surface area (Å²) < 4.78 is 1.89. The normalized spacial score (nSPS) is 14.0. The molecular formula is C37H34N4OS2. The van der Waals surface area contributed by atoms with Gasteiger partial charge >= 0.3 is 0 Å². The molecule has 0 saturated carbocycles. The minimum Gasteiger partial charge on any atom is -0.267 e. The molecule has 2 heterocycles. The fourth-order valence-electron chi connectivity index (χ4n) is 4.87. The van der Waals surface area contributed by atoms with Gasteiger partial charge in [-0.25, -0.2) is 4.68 Å². The molecule has 4 aromatic carbocycles. The molecule has 0 radical (unpaired) electrons. The van der Waals surface area contributed by atoms with E-state index in [9.17, 15) is 4.79 Å². The minimum atomic E-state index is -0.142. The minimum absolute atomic E-state index is 0.142. The molecule has 5 aromatic rings. The summed E-state index contributed by atoms with van der Waals surface area (Å²) in [7, 11) is 0. The van der Waals surface area contributed by atoms with E-state index in [-0.39, 0.29) is 5.91 Å². The number of anilines is 1. The molecule has 44 heavy (non-hydrogen) atoms. The molecule has 0 bridgehead atoms. The Bertz CT molecular complexity index is 1780. The van der Waals surface area contributed by atoms with Crippen LogP contribution < -0.4 is 5.01 Å². The summed E-state index contributed by atoms with van der Waals surface area (Å²) in [6.07, 6.45) is 6.36. The molecule has 7 heteroatoms. The van der Waals surface area contributed by atoms with Crippen molar-refractivity contribution in [1.82, 2.24) is 9.78 Å². The lowest BCUT2D eigenvalue weighted by atomic mass is 10.0. The second-order valence-corrected chi connectivity index (χ2v) is 12.8. The van der Waals surface area contributed by atoms with Gasteiger partial charge in [-0.15, -0.1) is 23.5 Å². The van der Waals surface area contributed by atoms with Gasteiger partial charge < -0.3 is 0 Å². The van der Waals surface area contributed by atoms with E-state index in [1.54, 1.807) is 11.8 Å². The topological polar surface area (TPSA) is 50.5 Å². The van der Waals surface area contributed by atoms with Crippen LogP contribution >= 0.6 is 23.5 Å². The van der Waals surface area contributed by atoms with Crippen LogP contribution in [0.15, 0.2) is 136 Å². The van der Waals surface area contributed by atoms with Crippen LogP contribution in [0.1, 0.15) is 30.9 Å². The van der Waals surface area contributed by atoms with Crippen LogP contribution in [0.2, 0.25) is 0 Å². The van der Waals surface area contributed by atoms with Crippen LogP contribution in [0.5, 0.6) is 0 Å². The molecule has 0 saturated heterocycles. The lowest BCUT2D eigenvalue weighted by Crippen LogP contribution is -2.21. The smallest absolute Gasteiger partial charge is 0.267 e. The third-order valence-electron chi connectivity index (χ3n) is 7.31. The summed E-state index contributed by atoms with van der Waals surface area (Å²) in [6, 6.07) is 36.7. The summed E-state index contributed by atoms with van der Waals surface area (Å²) in [5.41, 5.74) is 6.93. The maximum Gasteiger partial charge on any atom is 0.280 e. The third kappa shape index (κ3) is 6.90. The van der Waals surface area contributed by atoms with E-state index in [1.807, 2.05) is 89.4 Å². The average Bonchev–Trinajstić information content (AvgIpc) is 3.63. The van der Waals surface area contributed by atoms with Crippen molar-refractivity contribution < 1.29 is 4.79 Å². The number of benzene rings is 4. The molecule has 1 amide bonds. The second-order valence-electron chi connectivity index (χ2n) is 10.6. The predicted octanol–water partition coefficient (Wildman–Crippen LogP) is 9.32. The fraction of sp³-hybridized carbons (Fsp3) is 0.162. The largest absolute Gasteiger partial charge is 0.280 e. The molecule has 0 aliphatic carbocycles. The first kappa shape index (κ1) is 29.7. The number of nitrogens with zero attached hydrogens (tertiary/aromatic N) is 4. The van der Waals surface area contributed by atoms with Gasteiger partial charge in [-0.05, 0) is 73.7 Å². The Morgan fingerprint density at radius 3 is 2.09 bits per heavy atom. The number of carbonyl (C=O) groups excluding carboxylic acids is 1. The molecule has 6 rings (SSSR count). The first-order chi connectivity index (χ1) is 21.6. The molecular weight excluding hydrogens is 581 g/mol. The highest BCUT2D eigenvalue weighted by atomic mass is 32.2. The van der Waals surface area contributed by atoms with E-state index in [0.717, 1.165) is 44.6 Å². The van der Waals surface area contributed by atoms with Gasteiger partial charge in [-0.1, -0.05) is 79.6 Å². The molecule has 1 aromatic heterocycles. The summed E-state index contributed by atoms with van der Waals surface area (Å²) in [4.78, 5) is 16.4. The number of hydrogen-bond acceptors (Lipinski definition) is 5. The van der Waals surface area contributed by atoms with Crippen molar-refractivity contribution in [1.29, 1.82) is 0 Å². The number of aromatic nitrogens is 2. The van der Waals surface area contributed by atoms with Gasteiger partial charge in [0.2, 0.25) is 0 Å². The lowest BCUT2D eigenvalue weighted by molar-refractivity contribution is -0.114. The number of carbonyl (C=O) groups is 1. The van der Waals surface area contributed by atoms with Gasteiger partial charge in [-0.3, -0.25) is 4.79 Å². The van der Waals surface area contributed by atoms with E-state index in [0.29, 0.717) is 11.3 Å². The van der Waals surface area contributed by atoms with Crippen molar-refractivity contribution in [2.24, 2.45) is 5.10 Å². The van der Waals surface area contributed by atoms with Crippen LogP contribution in [0.3, 0.4) is 0 Å². The Morgan fingerprint density at radius 2 is 1.41 bits per heavy atom. The third-order valence-corrected chi connectivity index (χ3v) is 9.43. The zero-order valence-electron chi connectivity index (χ0n) is 24.9. The quantitative estimate of drug-likeness (QED) is 0.0845. The average molecular weight is 615 g/mol. The van der Waals surface area contributed by atoms with Crippen molar-refractivity contribution in [2.75, 3.05) is 16.5 Å². The van der Waals surface area contributed by atoms with E-state index >= 15 is 0 Å². The van der Waals surface area contributed by atoms with Gasteiger partial charge in [0, 0.05) is 32.9 Å². The van der Waals surface area contributed by atoms with Crippen LogP contribution in [-0.4, -0.2) is 32.9 Å². The number of hydrazone groups is 1. The van der Waals surface area contributed by atoms with Crippen molar-refractivity contribution in [3.8, 4) is 16.9 Å². The highest BCUT2D eigenvalue weighted by Gasteiger charge is 2.31. The predicted molar refractivity (Wildman–Crippen MR) is 186 cm³/mol. The summed E-state index contributed by atoms with van der Waals surface area (Å²) >= 11 is 3.56. The highest BCUT2D eigenvalue weighted by Crippen LogP contribution is 2.32. The number of unbranched alkanes of at least 4 members (excludes halogenated alkanes) is 1. The summed E-state index contributed by atoms with van der Waals surface area (Å²) in [6.45, 7) is 4.30. The van der Waals surface area contributed by atoms with Crippen LogP contribution in [0.25, 0.3) is 23.0 Å². The zero-order valence-corrected chi connectivity index (χ0v) is 26.5. The number of thioether (sulfide) groups is 2. The van der Waals surface area contributed by atoms with E-state index in [1.165, 1.54) is 28.3 Å². The van der Waals surface area contributed by atoms with Gasteiger partial charge in [0.05, 0.1) is 28.4 Å². The second kappa shape index (κ2) is 14.0. The highest BCUT2D eigenvalue weighted by molar-refractivity contribution is 8.00. The maximum atomic E-state index is 14.0. The van der Waals surface area contributed by atoms with Crippen molar-refractivity contribution in [3.05, 3.63) is 132 Å². The Labute approximate surface area is 267 Å². The monoisotopic (exact) mass is 614 g/mol. The fourth-order valence-corrected chi connectivity index (χ4v) is 6.71. The summed E-state index contributed by atoms with van der Waals surface area (Å²) in [5, 5.41) is 11.4. The van der Waals surface area contributed by atoms with Gasteiger partial charge in [0.25, 0.3) is 5.91 Å². The molecule has 0 atom stereocenters. The van der Waals surface area contributed by atoms with Gasteiger partial charge in [0.1, 0.15) is 0 Å². The Balaban J connectivity index is 1.39. The number of hydrogen-bond donors (Lipinski definition) is 0. The van der Waals surface area contributed by atoms with Crippen LogP contribution in [0.4, 0.5) is 5.69 Å². The molecule has 0 N–H and O–H groups in total. The maximum absolute atomic E-state index is 14.0. The molecule has 0 fully saturated rings. The molecule has 1 aliphatic rings. The number of para-hydroxylation sites is 2. The first-order valence-electron chi connectivity index (χ1n) is 14.9.